The highest BCUT2D eigenvalue weighted by Gasteiger charge is 2.27. The van der Waals surface area contributed by atoms with Crippen molar-refractivity contribution in [3.8, 4) is 0 Å². The number of nitrogens with one attached hydrogen (secondary N) is 1. The van der Waals surface area contributed by atoms with E-state index < -0.39 is 5.97 Å². The quantitative estimate of drug-likeness (QED) is 0.904. The van der Waals surface area contributed by atoms with Crippen LogP contribution in [0.25, 0.3) is 11.0 Å². The van der Waals surface area contributed by atoms with Crippen LogP contribution >= 0.6 is 0 Å². The van der Waals surface area contributed by atoms with Gasteiger partial charge < -0.3 is 10.4 Å². The third kappa shape index (κ3) is 3.13. The van der Waals surface area contributed by atoms with Crippen molar-refractivity contribution in [2.75, 3.05) is 5.32 Å². The average Bonchev–Trinajstić information content (AvgIpc) is 2.93. The Morgan fingerprint density at radius 2 is 1.96 bits per heavy atom. The van der Waals surface area contributed by atoms with Gasteiger partial charge in [-0.2, -0.15) is 5.10 Å². The topological polar surface area (TPSA) is 92.9 Å². The molecule has 2 aromatic heterocycles. The molecule has 23 heavy (non-hydrogen) atoms. The van der Waals surface area contributed by atoms with Gasteiger partial charge in [-0.1, -0.05) is 0 Å². The summed E-state index contributed by atoms with van der Waals surface area (Å²) in [5.74, 6) is -0.106. The molecule has 1 aliphatic rings. The maximum Gasteiger partial charge on any atom is 0.306 e. The molecule has 0 bridgehead atoms. The van der Waals surface area contributed by atoms with Gasteiger partial charge in [0.05, 0.1) is 23.0 Å². The summed E-state index contributed by atoms with van der Waals surface area (Å²) in [6, 6.07) is 0.252. The Kier molecular flexibility index (Phi) is 3.95. The largest absolute Gasteiger partial charge is 0.481 e. The fraction of sp³-hybridized carbons (Fsp3) is 0.625. The normalized spacial score (nSPS) is 22.2. The Labute approximate surface area is 135 Å². The monoisotopic (exact) mass is 317 g/mol. The van der Waals surface area contributed by atoms with Crippen LogP contribution in [0.4, 0.5) is 5.82 Å². The third-order valence-corrected chi connectivity index (χ3v) is 4.42. The predicted octanol–water partition coefficient (Wildman–Crippen LogP) is 2.64. The Morgan fingerprint density at radius 3 is 2.57 bits per heavy atom. The molecule has 124 valence electrons. The van der Waals surface area contributed by atoms with Crippen LogP contribution in [0.5, 0.6) is 0 Å². The van der Waals surface area contributed by atoms with Gasteiger partial charge in [-0.25, -0.2) is 14.6 Å². The maximum atomic E-state index is 11.0. The third-order valence-electron chi connectivity index (χ3n) is 4.42. The molecular weight excluding hydrogens is 294 g/mol. The first-order chi connectivity index (χ1) is 10.9. The van der Waals surface area contributed by atoms with Crippen molar-refractivity contribution in [3.05, 3.63) is 12.5 Å². The van der Waals surface area contributed by atoms with E-state index >= 15 is 0 Å². The second-order valence-electron chi connectivity index (χ2n) is 7.22. The van der Waals surface area contributed by atoms with Crippen LogP contribution < -0.4 is 5.32 Å². The Morgan fingerprint density at radius 1 is 1.26 bits per heavy atom. The SMILES string of the molecule is CC(C)(C)n1ncc2c(NC3CCC(C(=O)O)CC3)ncnc21. The van der Waals surface area contributed by atoms with Crippen molar-refractivity contribution in [1.29, 1.82) is 0 Å². The number of hydrogen-bond acceptors (Lipinski definition) is 5. The molecule has 1 fully saturated rings. The number of carboxylic acids is 1. The van der Waals surface area contributed by atoms with Crippen molar-refractivity contribution in [3.63, 3.8) is 0 Å². The zero-order chi connectivity index (χ0) is 16.6. The zero-order valence-corrected chi connectivity index (χ0v) is 13.8. The first-order valence-electron chi connectivity index (χ1n) is 8.05. The van der Waals surface area contributed by atoms with Crippen molar-refractivity contribution < 1.29 is 9.90 Å². The van der Waals surface area contributed by atoms with Gasteiger partial charge in [0.2, 0.25) is 0 Å². The van der Waals surface area contributed by atoms with E-state index in [4.69, 9.17) is 5.11 Å². The molecule has 0 spiro atoms. The molecule has 0 saturated heterocycles. The average molecular weight is 317 g/mol. The minimum absolute atomic E-state index is 0.146. The van der Waals surface area contributed by atoms with Crippen molar-refractivity contribution in [1.82, 2.24) is 19.7 Å². The Hall–Kier alpha value is -2.18. The number of hydrogen-bond donors (Lipinski definition) is 2. The van der Waals surface area contributed by atoms with E-state index in [1.807, 2.05) is 4.68 Å². The zero-order valence-electron chi connectivity index (χ0n) is 13.8. The number of nitrogens with zero attached hydrogens (tertiary/aromatic N) is 4. The van der Waals surface area contributed by atoms with E-state index in [1.54, 1.807) is 12.5 Å². The fourth-order valence-corrected chi connectivity index (χ4v) is 3.13. The van der Waals surface area contributed by atoms with E-state index in [0.29, 0.717) is 12.8 Å². The predicted molar refractivity (Wildman–Crippen MR) is 87.3 cm³/mol. The molecule has 1 aliphatic carbocycles. The maximum absolute atomic E-state index is 11.0. The summed E-state index contributed by atoms with van der Waals surface area (Å²) in [5, 5.41) is 17.9. The van der Waals surface area contributed by atoms with Crippen LogP contribution in [0.15, 0.2) is 12.5 Å². The summed E-state index contributed by atoms with van der Waals surface area (Å²) < 4.78 is 1.90. The van der Waals surface area contributed by atoms with Crippen LogP contribution in [-0.2, 0) is 10.3 Å². The van der Waals surface area contributed by atoms with E-state index in [0.717, 1.165) is 29.7 Å². The number of rotatable bonds is 3. The highest BCUT2D eigenvalue weighted by molar-refractivity contribution is 5.86. The van der Waals surface area contributed by atoms with E-state index in [2.05, 4.69) is 41.2 Å². The number of carboxylic acid groups (broad SMARTS) is 1. The molecule has 0 amide bonds. The highest BCUT2D eigenvalue weighted by atomic mass is 16.4. The summed E-state index contributed by atoms with van der Waals surface area (Å²) >= 11 is 0. The van der Waals surface area contributed by atoms with Crippen LogP contribution in [0.1, 0.15) is 46.5 Å². The molecule has 0 atom stereocenters. The molecule has 7 heteroatoms. The van der Waals surface area contributed by atoms with Crippen molar-refractivity contribution in [2.45, 2.75) is 58.0 Å². The van der Waals surface area contributed by atoms with E-state index in [-0.39, 0.29) is 17.5 Å². The number of aliphatic carboxylic acids is 1. The minimum Gasteiger partial charge on any atom is -0.481 e. The molecule has 3 rings (SSSR count). The molecular formula is C16H23N5O2. The van der Waals surface area contributed by atoms with E-state index in [1.165, 1.54) is 0 Å². The number of aromatic nitrogens is 4. The van der Waals surface area contributed by atoms with Gasteiger partial charge in [-0.15, -0.1) is 0 Å². The lowest BCUT2D eigenvalue weighted by molar-refractivity contribution is -0.142. The van der Waals surface area contributed by atoms with Gasteiger partial charge in [0.25, 0.3) is 0 Å². The van der Waals surface area contributed by atoms with Gasteiger partial charge in [0, 0.05) is 6.04 Å². The summed E-state index contributed by atoms with van der Waals surface area (Å²) in [6.45, 7) is 6.26. The number of fused-ring (bicyclic) bond motifs is 1. The van der Waals surface area contributed by atoms with Gasteiger partial charge in [0.15, 0.2) is 5.65 Å². The number of anilines is 1. The summed E-state index contributed by atoms with van der Waals surface area (Å²) in [7, 11) is 0. The van der Waals surface area contributed by atoms with Gasteiger partial charge in [0.1, 0.15) is 12.1 Å². The van der Waals surface area contributed by atoms with Crippen molar-refractivity contribution in [2.24, 2.45) is 5.92 Å². The molecule has 1 saturated carbocycles. The Bertz CT molecular complexity index is 711. The van der Waals surface area contributed by atoms with Gasteiger partial charge >= 0.3 is 5.97 Å². The fourth-order valence-electron chi connectivity index (χ4n) is 3.13. The van der Waals surface area contributed by atoms with E-state index in [9.17, 15) is 4.79 Å². The molecule has 0 aromatic carbocycles. The van der Waals surface area contributed by atoms with Crippen molar-refractivity contribution >= 4 is 22.8 Å². The summed E-state index contributed by atoms with van der Waals surface area (Å²) in [5.41, 5.74) is 0.668. The standard InChI is InChI=1S/C16H23N5O2/c1-16(2,3)21-14-12(8-19-21)13(17-9-18-14)20-11-6-4-10(5-7-11)15(22)23/h8-11H,4-7H2,1-3H3,(H,22,23)(H,17,18,20). The van der Waals surface area contributed by atoms with Crippen LogP contribution in [0, 0.1) is 5.92 Å². The second kappa shape index (κ2) is 5.79. The van der Waals surface area contributed by atoms with Crippen LogP contribution in [-0.4, -0.2) is 36.9 Å². The van der Waals surface area contributed by atoms with Crippen LogP contribution in [0.2, 0.25) is 0 Å². The molecule has 0 radical (unpaired) electrons. The molecule has 2 N–H and O–H groups in total. The minimum atomic E-state index is -0.681. The smallest absolute Gasteiger partial charge is 0.306 e. The lowest BCUT2D eigenvalue weighted by Gasteiger charge is -2.27. The first-order valence-corrected chi connectivity index (χ1v) is 8.05. The summed E-state index contributed by atoms with van der Waals surface area (Å²) in [4.78, 5) is 19.8. The summed E-state index contributed by atoms with van der Waals surface area (Å²) in [6.07, 6.45) is 6.46. The van der Waals surface area contributed by atoms with Gasteiger partial charge in [-0.3, -0.25) is 4.79 Å². The molecule has 0 unspecified atom stereocenters. The molecule has 2 aromatic rings. The highest BCUT2D eigenvalue weighted by Crippen LogP contribution is 2.29. The molecule has 2 heterocycles. The first kappa shape index (κ1) is 15.7. The lowest BCUT2D eigenvalue weighted by Crippen LogP contribution is -2.29. The lowest BCUT2D eigenvalue weighted by atomic mass is 9.86. The Balaban J connectivity index is 1.79. The number of carbonyl (C=O) groups is 1. The second-order valence-corrected chi connectivity index (χ2v) is 7.22. The molecule has 0 aliphatic heterocycles. The van der Waals surface area contributed by atoms with Crippen LogP contribution in [0.3, 0.4) is 0 Å². The van der Waals surface area contributed by atoms with Gasteiger partial charge in [-0.05, 0) is 46.5 Å². The molecule has 7 nitrogen and oxygen atoms in total.